The van der Waals surface area contributed by atoms with Gasteiger partial charge in [-0.1, -0.05) is 11.6 Å². The molecule has 0 aliphatic carbocycles. The van der Waals surface area contributed by atoms with Gasteiger partial charge in [0, 0.05) is 15.1 Å². The maximum Gasteiger partial charge on any atom is 0.0464 e. The first kappa shape index (κ1) is 9.29. The Bertz CT molecular complexity index is 250. The Kier molecular flexibility index (Phi) is 3.16. The molecule has 60 valence electrons. The Hall–Kier alpha value is 0.200. The summed E-state index contributed by atoms with van der Waals surface area (Å²) in [5, 5.41) is 0.775. The second kappa shape index (κ2) is 3.74. The molecule has 0 aliphatic heterocycles. The van der Waals surface area contributed by atoms with Crippen LogP contribution in [0.1, 0.15) is 11.1 Å². The van der Waals surface area contributed by atoms with Crippen molar-refractivity contribution in [3.05, 3.63) is 31.9 Å². The maximum absolute atomic E-state index is 5.95. The van der Waals surface area contributed by atoms with E-state index in [0.717, 1.165) is 14.2 Å². The summed E-state index contributed by atoms with van der Waals surface area (Å²) in [4.78, 5) is 0. The predicted molar refractivity (Wildman–Crippen MR) is 56.8 cm³/mol. The van der Waals surface area contributed by atoms with Crippen molar-refractivity contribution >= 4 is 34.2 Å². The summed E-state index contributed by atoms with van der Waals surface area (Å²) < 4.78 is 1.15. The lowest BCUT2D eigenvalue weighted by Crippen LogP contribution is -2.00. The van der Waals surface area contributed by atoms with Crippen molar-refractivity contribution in [3.63, 3.8) is 0 Å². The molecule has 0 radical (unpaired) electrons. The molecule has 1 aromatic carbocycles. The molecule has 0 bridgehead atoms. The third kappa shape index (κ3) is 2.07. The molecule has 0 heterocycles. The Labute approximate surface area is 85.1 Å². The SMILES string of the molecule is Cc1cc(I)cc(Cl)c1CN. The topological polar surface area (TPSA) is 26.0 Å². The number of rotatable bonds is 1. The molecule has 0 unspecified atom stereocenters. The van der Waals surface area contributed by atoms with Crippen molar-refractivity contribution in [1.29, 1.82) is 0 Å². The average Bonchev–Trinajstić information content (AvgIpc) is 1.85. The van der Waals surface area contributed by atoms with Crippen LogP contribution in [-0.4, -0.2) is 0 Å². The molecule has 11 heavy (non-hydrogen) atoms. The van der Waals surface area contributed by atoms with Gasteiger partial charge in [-0.3, -0.25) is 0 Å². The monoisotopic (exact) mass is 281 g/mol. The zero-order chi connectivity index (χ0) is 8.43. The summed E-state index contributed by atoms with van der Waals surface area (Å²) in [6, 6.07) is 4.01. The number of aryl methyl sites for hydroxylation is 1. The zero-order valence-corrected chi connectivity index (χ0v) is 9.11. The molecule has 0 saturated heterocycles. The van der Waals surface area contributed by atoms with Crippen LogP contribution in [0.5, 0.6) is 0 Å². The molecular weight excluding hydrogens is 272 g/mol. The minimum Gasteiger partial charge on any atom is -0.326 e. The fourth-order valence-electron chi connectivity index (χ4n) is 0.991. The van der Waals surface area contributed by atoms with Crippen molar-refractivity contribution in [1.82, 2.24) is 0 Å². The minimum absolute atomic E-state index is 0.515. The Morgan fingerprint density at radius 3 is 2.64 bits per heavy atom. The van der Waals surface area contributed by atoms with Gasteiger partial charge in [-0.15, -0.1) is 0 Å². The number of hydrogen-bond donors (Lipinski definition) is 1. The lowest BCUT2D eigenvalue weighted by Gasteiger charge is -2.05. The van der Waals surface area contributed by atoms with Crippen molar-refractivity contribution in [2.24, 2.45) is 5.73 Å². The van der Waals surface area contributed by atoms with Crippen LogP contribution in [0.15, 0.2) is 12.1 Å². The highest BCUT2D eigenvalue weighted by atomic mass is 127. The molecule has 0 aromatic heterocycles. The van der Waals surface area contributed by atoms with Gasteiger partial charge < -0.3 is 5.73 Å². The van der Waals surface area contributed by atoms with Gasteiger partial charge in [0.2, 0.25) is 0 Å². The fraction of sp³-hybridized carbons (Fsp3) is 0.250. The molecule has 0 spiro atoms. The van der Waals surface area contributed by atoms with Crippen molar-refractivity contribution in [2.45, 2.75) is 13.5 Å². The molecular formula is C8H9ClIN. The second-order valence-electron chi connectivity index (χ2n) is 2.39. The molecule has 1 rings (SSSR count). The van der Waals surface area contributed by atoms with E-state index in [9.17, 15) is 0 Å². The maximum atomic E-state index is 5.95. The molecule has 0 amide bonds. The third-order valence-corrected chi connectivity index (χ3v) is 2.55. The molecule has 1 aromatic rings. The van der Waals surface area contributed by atoms with Gasteiger partial charge in [-0.2, -0.15) is 0 Å². The highest BCUT2D eigenvalue weighted by Gasteiger charge is 2.02. The van der Waals surface area contributed by atoms with Gasteiger partial charge in [-0.05, 0) is 52.8 Å². The smallest absolute Gasteiger partial charge is 0.0464 e. The molecule has 0 saturated carbocycles. The van der Waals surface area contributed by atoms with E-state index >= 15 is 0 Å². The lowest BCUT2D eigenvalue weighted by atomic mass is 10.1. The first-order chi connectivity index (χ1) is 5.15. The summed E-state index contributed by atoms with van der Waals surface area (Å²) in [6.45, 7) is 2.54. The van der Waals surface area contributed by atoms with E-state index in [1.54, 1.807) is 0 Å². The molecule has 0 fully saturated rings. The molecule has 3 heteroatoms. The largest absolute Gasteiger partial charge is 0.326 e. The van der Waals surface area contributed by atoms with E-state index in [1.165, 1.54) is 5.56 Å². The normalized spacial score (nSPS) is 10.2. The van der Waals surface area contributed by atoms with Gasteiger partial charge >= 0.3 is 0 Å². The summed E-state index contributed by atoms with van der Waals surface area (Å²) in [5.74, 6) is 0. The predicted octanol–water partition coefficient (Wildman–Crippen LogP) is 2.71. The van der Waals surface area contributed by atoms with Gasteiger partial charge in [-0.25, -0.2) is 0 Å². The second-order valence-corrected chi connectivity index (χ2v) is 4.04. The Morgan fingerprint density at radius 2 is 2.18 bits per heavy atom. The Morgan fingerprint density at radius 1 is 1.55 bits per heavy atom. The third-order valence-electron chi connectivity index (χ3n) is 1.59. The molecule has 1 nitrogen and oxygen atoms in total. The molecule has 0 aliphatic rings. The average molecular weight is 282 g/mol. The number of halogens is 2. The van der Waals surface area contributed by atoms with E-state index in [2.05, 4.69) is 28.7 Å². The standard InChI is InChI=1S/C8H9ClIN/c1-5-2-6(10)3-8(9)7(5)4-11/h2-3H,4,11H2,1H3. The van der Waals surface area contributed by atoms with Crippen LogP contribution in [0, 0.1) is 10.5 Å². The first-order valence-corrected chi connectivity index (χ1v) is 4.75. The van der Waals surface area contributed by atoms with E-state index in [-0.39, 0.29) is 0 Å². The van der Waals surface area contributed by atoms with Crippen LogP contribution in [0.4, 0.5) is 0 Å². The van der Waals surface area contributed by atoms with Crippen molar-refractivity contribution in [3.8, 4) is 0 Å². The summed E-state index contributed by atoms with van der Waals surface area (Å²) in [7, 11) is 0. The highest BCUT2D eigenvalue weighted by Crippen LogP contribution is 2.22. The van der Waals surface area contributed by atoms with Gasteiger partial charge in [0.15, 0.2) is 0 Å². The zero-order valence-electron chi connectivity index (χ0n) is 6.20. The first-order valence-electron chi connectivity index (χ1n) is 3.29. The van der Waals surface area contributed by atoms with Crippen LogP contribution in [0.2, 0.25) is 5.02 Å². The number of hydrogen-bond acceptors (Lipinski definition) is 1. The molecule has 0 atom stereocenters. The van der Waals surface area contributed by atoms with E-state index in [4.69, 9.17) is 17.3 Å². The van der Waals surface area contributed by atoms with Crippen LogP contribution in [0.3, 0.4) is 0 Å². The van der Waals surface area contributed by atoms with Crippen LogP contribution < -0.4 is 5.73 Å². The van der Waals surface area contributed by atoms with Crippen molar-refractivity contribution < 1.29 is 0 Å². The Balaban J connectivity index is 3.25. The van der Waals surface area contributed by atoms with Crippen LogP contribution in [0.25, 0.3) is 0 Å². The van der Waals surface area contributed by atoms with Gasteiger partial charge in [0.1, 0.15) is 0 Å². The lowest BCUT2D eigenvalue weighted by molar-refractivity contribution is 1.05. The number of benzene rings is 1. The fourth-order valence-corrected chi connectivity index (χ4v) is 2.30. The van der Waals surface area contributed by atoms with Crippen molar-refractivity contribution in [2.75, 3.05) is 0 Å². The summed E-state index contributed by atoms with van der Waals surface area (Å²) >= 11 is 8.19. The summed E-state index contributed by atoms with van der Waals surface area (Å²) in [6.07, 6.45) is 0. The van der Waals surface area contributed by atoms with E-state index in [0.29, 0.717) is 6.54 Å². The summed E-state index contributed by atoms with van der Waals surface area (Å²) in [5.41, 5.74) is 7.73. The van der Waals surface area contributed by atoms with Crippen LogP contribution in [-0.2, 0) is 6.54 Å². The number of nitrogens with two attached hydrogens (primary N) is 1. The van der Waals surface area contributed by atoms with E-state index < -0.39 is 0 Å². The molecule has 2 N–H and O–H groups in total. The van der Waals surface area contributed by atoms with Crippen LogP contribution >= 0.6 is 34.2 Å². The van der Waals surface area contributed by atoms with Gasteiger partial charge in [0.25, 0.3) is 0 Å². The quantitative estimate of drug-likeness (QED) is 0.787. The minimum atomic E-state index is 0.515. The van der Waals surface area contributed by atoms with E-state index in [1.807, 2.05) is 13.0 Å². The van der Waals surface area contributed by atoms with Gasteiger partial charge in [0.05, 0.1) is 0 Å². The highest BCUT2D eigenvalue weighted by molar-refractivity contribution is 14.1.